The highest BCUT2D eigenvalue weighted by molar-refractivity contribution is 6.04. The molecule has 0 aromatic carbocycles. The third-order valence-electron chi connectivity index (χ3n) is 2.61. The lowest BCUT2D eigenvalue weighted by Gasteiger charge is -2.23. The summed E-state index contributed by atoms with van der Waals surface area (Å²) in [6, 6.07) is 0. The Bertz CT molecular complexity index is 247. The second kappa shape index (κ2) is 3.35. The van der Waals surface area contributed by atoms with Gasteiger partial charge in [-0.25, -0.2) is 0 Å². The summed E-state index contributed by atoms with van der Waals surface area (Å²) < 4.78 is 0. The first-order chi connectivity index (χ1) is 6.24. The third kappa shape index (κ3) is 1.95. The van der Waals surface area contributed by atoms with Gasteiger partial charge in [0, 0.05) is 11.8 Å². The molecule has 0 aromatic heterocycles. The van der Waals surface area contributed by atoms with Crippen LogP contribution in [0.5, 0.6) is 0 Å². The zero-order chi connectivity index (χ0) is 11.1. The molecule has 14 heavy (non-hydrogen) atoms. The Balaban J connectivity index is 2.81. The van der Waals surface area contributed by atoms with Gasteiger partial charge in [0.2, 0.25) is 11.8 Å². The number of likely N-dealkylation sites (tertiary alicyclic amines) is 1. The number of β-amino-alcohol motifs (C(OH)–C–C–N with tert-alkyl or cyclic N) is 1. The molecule has 0 saturated carbocycles. The van der Waals surface area contributed by atoms with Crippen molar-refractivity contribution in [2.45, 2.75) is 33.3 Å². The van der Waals surface area contributed by atoms with E-state index >= 15 is 0 Å². The van der Waals surface area contributed by atoms with Crippen LogP contribution in [-0.4, -0.2) is 34.0 Å². The highest BCUT2D eigenvalue weighted by Gasteiger charge is 2.43. The molecule has 2 amide bonds. The molecule has 1 aliphatic heterocycles. The van der Waals surface area contributed by atoms with Crippen LogP contribution >= 0.6 is 0 Å². The molecule has 1 heterocycles. The number of imide groups is 1. The van der Waals surface area contributed by atoms with Crippen LogP contribution in [0, 0.1) is 11.8 Å². The molecule has 0 radical (unpaired) electrons. The lowest BCUT2D eigenvalue weighted by molar-refractivity contribution is -0.143. The van der Waals surface area contributed by atoms with Gasteiger partial charge in [0.05, 0.1) is 12.1 Å². The summed E-state index contributed by atoms with van der Waals surface area (Å²) in [4.78, 5) is 24.4. The van der Waals surface area contributed by atoms with Crippen LogP contribution < -0.4 is 0 Å². The van der Waals surface area contributed by atoms with Gasteiger partial charge in [-0.3, -0.25) is 14.5 Å². The van der Waals surface area contributed by atoms with E-state index < -0.39 is 5.60 Å². The predicted octanol–water partition coefficient (Wildman–Crippen LogP) is 0.398. The van der Waals surface area contributed by atoms with Crippen LogP contribution in [0.15, 0.2) is 0 Å². The Morgan fingerprint density at radius 2 is 1.57 bits per heavy atom. The summed E-state index contributed by atoms with van der Waals surface area (Å²) in [6.45, 7) is 6.74. The molecule has 0 aromatic rings. The average Bonchev–Trinajstić information content (AvgIpc) is 2.20. The van der Waals surface area contributed by atoms with Gasteiger partial charge in [-0.1, -0.05) is 13.8 Å². The van der Waals surface area contributed by atoms with Crippen LogP contribution in [0.3, 0.4) is 0 Å². The van der Waals surface area contributed by atoms with E-state index in [9.17, 15) is 14.7 Å². The van der Waals surface area contributed by atoms with E-state index in [4.69, 9.17) is 0 Å². The Morgan fingerprint density at radius 3 is 1.86 bits per heavy atom. The molecule has 1 fully saturated rings. The number of carbonyl (C=O) groups is 2. The van der Waals surface area contributed by atoms with Crippen molar-refractivity contribution in [2.75, 3.05) is 6.54 Å². The molecule has 1 aliphatic rings. The fourth-order valence-electron chi connectivity index (χ4n) is 1.57. The largest absolute Gasteiger partial charge is 0.389 e. The first-order valence-electron chi connectivity index (χ1n) is 4.81. The van der Waals surface area contributed by atoms with Crippen molar-refractivity contribution < 1.29 is 14.7 Å². The molecular formula is C10H17NO3. The highest BCUT2D eigenvalue weighted by Crippen LogP contribution is 2.26. The molecular weight excluding hydrogens is 182 g/mol. The molecule has 2 atom stereocenters. The van der Waals surface area contributed by atoms with Crippen LogP contribution in [0.2, 0.25) is 0 Å². The molecule has 0 aliphatic carbocycles. The number of nitrogens with zero attached hydrogens (tertiary/aromatic N) is 1. The minimum Gasteiger partial charge on any atom is -0.389 e. The summed E-state index contributed by atoms with van der Waals surface area (Å²) in [6.07, 6.45) is 0. The smallest absolute Gasteiger partial charge is 0.232 e. The molecule has 1 rings (SSSR count). The van der Waals surface area contributed by atoms with Crippen LogP contribution in [-0.2, 0) is 9.59 Å². The van der Waals surface area contributed by atoms with Crippen molar-refractivity contribution >= 4 is 11.8 Å². The lowest BCUT2D eigenvalue weighted by Crippen LogP contribution is -2.42. The Kier molecular flexibility index (Phi) is 2.67. The van der Waals surface area contributed by atoms with E-state index in [1.807, 2.05) is 0 Å². The SMILES string of the molecule is CC1C(=O)N(CC(C)(C)O)C(=O)C1C. The monoisotopic (exact) mass is 199 g/mol. The maximum absolute atomic E-state index is 11.6. The molecule has 0 bridgehead atoms. The fraction of sp³-hybridized carbons (Fsp3) is 0.800. The Morgan fingerprint density at radius 1 is 1.21 bits per heavy atom. The molecule has 80 valence electrons. The van der Waals surface area contributed by atoms with Crippen LogP contribution in [0.1, 0.15) is 27.7 Å². The average molecular weight is 199 g/mol. The van der Waals surface area contributed by atoms with Gasteiger partial charge in [0.1, 0.15) is 0 Å². The molecule has 1 saturated heterocycles. The number of rotatable bonds is 2. The summed E-state index contributed by atoms with van der Waals surface area (Å²) >= 11 is 0. The minimum atomic E-state index is -1.02. The zero-order valence-electron chi connectivity index (χ0n) is 9.07. The van der Waals surface area contributed by atoms with E-state index in [0.717, 1.165) is 4.90 Å². The maximum Gasteiger partial charge on any atom is 0.232 e. The van der Waals surface area contributed by atoms with E-state index in [1.165, 1.54) is 0 Å². The zero-order valence-corrected chi connectivity index (χ0v) is 9.07. The van der Waals surface area contributed by atoms with Crippen molar-refractivity contribution in [3.63, 3.8) is 0 Å². The third-order valence-corrected chi connectivity index (χ3v) is 2.61. The van der Waals surface area contributed by atoms with Crippen molar-refractivity contribution in [1.29, 1.82) is 0 Å². The molecule has 0 spiro atoms. The topological polar surface area (TPSA) is 57.6 Å². The van der Waals surface area contributed by atoms with E-state index in [1.54, 1.807) is 27.7 Å². The predicted molar refractivity (Wildman–Crippen MR) is 51.3 cm³/mol. The fourth-order valence-corrected chi connectivity index (χ4v) is 1.57. The van der Waals surface area contributed by atoms with Gasteiger partial charge in [0.25, 0.3) is 0 Å². The number of hydrogen-bond acceptors (Lipinski definition) is 3. The van der Waals surface area contributed by atoms with Gasteiger partial charge >= 0.3 is 0 Å². The second-order valence-electron chi connectivity index (χ2n) is 4.65. The quantitative estimate of drug-likeness (QED) is 0.655. The summed E-state index contributed by atoms with van der Waals surface area (Å²) in [7, 11) is 0. The molecule has 1 N–H and O–H groups in total. The summed E-state index contributed by atoms with van der Waals surface area (Å²) in [5, 5.41) is 9.54. The molecule has 2 unspecified atom stereocenters. The standard InChI is InChI=1S/C10H17NO3/c1-6-7(2)9(13)11(8(6)12)5-10(3,4)14/h6-7,14H,5H2,1-4H3. The van der Waals surface area contributed by atoms with Gasteiger partial charge in [-0.05, 0) is 13.8 Å². The van der Waals surface area contributed by atoms with Crippen molar-refractivity contribution in [3.8, 4) is 0 Å². The van der Waals surface area contributed by atoms with Gasteiger partial charge in [-0.15, -0.1) is 0 Å². The normalized spacial score (nSPS) is 28.8. The number of aliphatic hydroxyl groups is 1. The van der Waals surface area contributed by atoms with Gasteiger partial charge < -0.3 is 5.11 Å². The Labute approximate surface area is 83.9 Å². The van der Waals surface area contributed by atoms with Crippen molar-refractivity contribution in [3.05, 3.63) is 0 Å². The summed E-state index contributed by atoms with van der Waals surface area (Å²) in [5.74, 6) is -0.871. The van der Waals surface area contributed by atoms with Crippen molar-refractivity contribution in [2.24, 2.45) is 11.8 Å². The van der Waals surface area contributed by atoms with Gasteiger partial charge in [0.15, 0.2) is 0 Å². The second-order valence-corrected chi connectivity index (χ2v) is 4.65. The van der Waals surface area contributed by atoms with Gasteiger partial charge in [-0.2, -0.15) is 0 Å². The molecule has 4 heteroatoms. The van der Waals surface area contributed by atoms with E-state index in [-0.39, 0.29) is 30.2 Å². The van der Waals surface area contributed by atoms with Crippen LogP contribution in [0.25, 0.3) is 0 Å². The first kappa shape index (κ1) is 11.2. The number of carbonyl (C=O) groups excluding carboxylic acids is 2. The maximum atomic E-state index is 11.6. The number of amides is 2. The van der Waals surface area contributed by atoms with Crippen molar-refractivity contribution in [1.82, 2.24) is 4.90 Å². The number of hydrogen-bond donors (Lipinski definition) is 1. The van der Waals surface area contributed by atoms with E-state index in [2.05, 4.69) is 0 Å². The minimum absolute atomic E-state index is 0.0827. The lowest BCUT2D eigenvalue weighted by atomic mass is 10.00. The van der Waals surface area contributed by atoms with E-state index in [0.29, 0.717) is 0 Å². The van der Waals surface area contributed by atoms with Crippen LogP contribution in [0.4, 0.5) is 0 Å². The Hall–Kier alpha value is -0.900. The summed E-state index contributed by atoms with van der Waals surface area (Å²) in [5.41, 5.74) is -1.02. The first-order valence-corrected chi connectivity index (χ1v) is 4.81. The molecule has 4 nitrogen and oxygen atoms in total. The highest BCUT2D eigenvalue weighted by atomic mass is 16.3.